The van der Waals surface area contributed by atoms with Crippen molar-refractivity contribution in [3.8, 4) is 17.0 Å². The first kappa shape index (κ1) is 12.2. The lowest BCUT2D eigenvalue weighted by atomic mass is 10.1. The van der Waals surface area contributed by atoms with Gasteiger partial charge in [-0.25, -0.2) is 0 Å². The minimum Gasteiger partial charge on any atom is -0.496 e. The van der Waals surface area contributed by atoms with E-state index in [1.807, 2.05) is 30.3 Å². The maximum Gasteiger partial charge on any atom is 0.128 e. The number of hydrogen-bond donors (Lipinski definition) is 2. The fraction of sp³-hybridized carbons (Fsp3) is 0.231. The van der Waals surface area contributed by atoms with Crippen molar-refractivity contribution in [2.45, 2.75) is 13.3 Å². The number of nitrogens with zero attached hydrogens (tertiary/aromatic N) is 2. The first-order valence-electron chi connectivity index (χ1n) is 5.60. The Morgan fingerprint density at radius 3 is 2.94 bits per heavy atom. The highest BCUT2D eigenvalue weighted by Gasteiger charge is 2.09. The van der Waals surface area contributed by atoms with Crippen molar-refractivity contribution in [1.29, 1.82) is 0 Å². The molecule has 0 saturated heterocycles. The molecule has 0 aliphatic rings. The number of nitrogens with one attached hydrogen (secondary N) is 1. The molecule has 94 valence electrons. The third kappa shape index (κ3) is 2.51. The molecule has 0 bridgehead atoms. The Hall–Kier alpha value is -2.30. The molecule has 0 aliphatic carbocycles. The molecule has 1 aromatic heterocycles. The summed E-state index contributed by atoms with van der Waals surface area (Å²) in [4.78, 5) is 0. The maximum atomic E-state index is 8.64. The molecule has 0 fully saturated rings. The smallest absolute Gasteiger partial charge is 0.128 e. The quantitative estimate of drug-likeness (QED) is 0.494. The Morgan fingerprint density at radius 2 is 2.22 bits per heavy atom. The van der Waals surface area contributed by atoms with Gasteiger partial charge in [-0.1, -0.05) is 17.3 Å². The largest absolute Gasteiger partial charge is 0.496 e. The maximum absolute atomic E-state index is 8.64. The first-order valence-corrected chi connectivity index (χ1v) is 5.60. The second kappa shape index (κ2) is 5.35. The molecule has 2 aromatic rings. The summed E-state index contributed by atoms with van der Waals surface area (Å²) in [5.41, 5.74) is 3.27. The van der Waals surface area contributed by atoms with Crippen molar-refractivity contribution >= 4 is 5.71 Å². The van der Waals surface area contributed by atoms with Crippen LogP contribution in [0.25, 0.3) is 11.3 Å². The Kier molecular flexibility index (Phi) is 3.62. The number of benzene rings is 1. The second-order valence-electron chi connectivity index (χ2n) is 3.99. The normalized spacial score (nSPS) is 11.6. The van der Waals surface area contributed by atoms with E-state index in [-0.39, 0.29) is 0 Å². The van der Waals surface area contributed by atoms with Crippen LogP contribution in [0.2, 0.25) is 0 Å². The van der Waals surface area contributed by atoms with Gasteiger partial charge in [-0.3, -0.25) is 5.10 Å². The molecule has 1 heterocycles. The second-order valence-corrected chi connectivity index (χ2v) is 3.99. The molecular weight excluding hydrogens is 230 g/mol. The monoisotopic (exact) mass is 245 g/mol. The molecule has 0 amide bonds. The predicted molar refractivity (Wildman–Crippen MR) is 69.2 cm³/mol. The average Bonchev–Trinajstić information content (AvgIpc) is 2.86. The standard InChI is InChI=1S/C13H15N3O2/c1-9(16-17)7-10-8-12(15-14-10)11-5-3-4-6-13(11)18-2/h3-6,8,17H,7H2,1-2H3,(H,14,15)/b16-9+. The molecule has 0 unspecified atom stereocenters. The minimum atomic E-state index is 0.540. The van der Waals surface area contributed by atoms with Gasteiger partial charge < -0.3 is 9.94 Å². The van der Waals surface area contributed by atoms with E-state index in [0.29, 0.717) is 12.1 Å². The number of oxime groups is 1. The van der Waals surface area contributed by atoms with E-state index in [1.54, 1.807) is 14.0 Å². The topological polar surface area (TPSA) is 70.5 Å². The van der Waals surface area contributed by atoms with Crippen molar-refractivity contribution in [3.63, 3.8) is 0 Å². The summed E-state index contributed by atoms with van der Waals surface area (Å²) in [5.74, 6) is 0.781. The Labute approximate surface area is 105 Å². The SMILES string of the molecule is COc1ccccc1-c1cc(C/C(C)=N/O)[nH]n1. The van der Waals surface area contributed by atoms with Crippen LogP contribution in [-0.2, 0) is 6.42 Å². The highest BCUT2D eigenvalue weighted by atomic mass is 16.5. The van der Waals surface area contributed by atoms with Crippen LogP contribution in [-0.4, -0.2) is 28.2 Å². The first-order chi connectivity index (χ1) is 8.74. The Morgan fingerprint density at radius 1 is 1.44 bits per heavy atom. The van der Waals surface area contributed by atoms with Crippen molar-refractivity contribution < 1.29 is 9.94 Å². The molecule has 0 radical (unpaired) electrons. The van der Waals surface area contributed by atoms with E-state index in [0.717, 1.165) is 22.7 Å². The number of rotatable bonds is 4. The third-order valence-corrected chi connectivity index (χ3v) is 2.63. The van der Waals surface area contributed by atoms with Crippen LogP contribution < -0.4 is 4.74 Å². The van der Waals surface area contributed by atoms with Gasteiger partial charge in [-0.2, -0.15) is 5.10 Å². The van der Waals surface area contributed by atoms with E-state index >= 15 is 0 Å². The molecule has 18 heavy (non-hydrogen) atoms. The number of ether oxygens (including phenoxy) is 1. The van der Waals surface area contributed by atoms with E-state index in [9.17, 15) is 0 Å². The summed E-state index contributed by atoms with van der Waals surface area (Å²) >= 11 is 0. The zero-order valence-electron chi connectivity index (χ0n) is 10.3. The fourth-order valence-corrected chi connectivity index (χ4v) is 1.76. The number of para-hydroxylation sites is 1. The highest BCUT2D eigenvalue weighted by molar-refractivity contribution is 5.83. The predicted octanol–water partition coefficient (Wildman–Crippen LogP) is 2.48. The minimum absolute atomic E-state index is 0.540. The molecule has 0 saturated carbocycles. The van der Waals surface area contributed by atoms with Gasteiger partial charge in [-0.05, 0) is 25.1 Å². The van der Waals surface area contributed by atoms with Gasteiger partial charge in [0.15, 0.2) is 0 Å². The molecule has 5 heteroatoms. The number of H-pyrrole nitrogens is 1. The summed E-state index contributed by atoms with van der Waals surface area (Å²) in [5, 5.41) is 18.9. The average molecular weight is 245 g/mol. The van der Waals surface area contributed by atoms with Crippen molar-refractivity contribution in [3.05, 3.63) is 36.0 Å². The Bertz CT molecular complexity index is 561. The van der Waals surface area contributed by atoms with E-state index in [4.69, 9.17) is 9.94 Å². The molecule has 2 rings (SSSR count). The summed E-state index contributed by atoms with van der Waals surface area (Å²) in [6.07, 6.45) is 0.540. The lowest BCUT2D eigenvalue weighted by Crippen LogP contribution is -1.97. The summed E-state index contributed by atoms with van der Waals surface area (Å²) in [6, 6.07) is 9.62. The van der Waals surface area contributed by atoms with E-state index < -0.39 is 0 Å². The van der Waals surface area contributed by atoms with Crippen LogP contribution in [0.5, 0.6) is 5.75 Å². The van der Waals surface area contributed by atoms with Crippen LogP contribution in [0, 0.1) is 0 Å². The van der Waals surface area contributed by atoms with Gasteiger partial charge in [0, 0.05) is 17.7 Å². The van der Waals surface area contributed by atoms with Crippen molar-refractivity contribution in [2.24, 2.45) is 5.16 Å². The molecule has 1 aromatic carbocycles. The lowest BCUT2D eigenvalue weighted by molar-refractivity contribution is 0.317. The summed E-state index contributed by atoms with van der Waals surface area (Å²) in [7, 11) is 1.63. The van der Waals surface area contributed by atoms with E-state index in [2.05, 4.69) is 15.4 Å². The van der Waals surface area contributed by atoms with Crippen molar-refractivity contribution in [2.75, 3.05) is 7.11 Å². The molecular formula is C13H15N3O2. The zero-order valence-corrected chi connectivity index (χ0v) is 10.3. The number of hydrogen-bond acceptors (Lipinski definition) is 4. The van der Waals surface area contributed by atoms with Gasteiger partial charge in [0.25, 0.3) is 0 Å². The van der Waals surface area contributed by atoms with Crippen LogP contribution in [0.3, 0.4) is 0 Å². The fourth-order valence-electron chi connectivity index (χ4n) is 1.76. The number of aromatic amines is 1. The van der Waals surface area contributed by atoms with Crippen LogP contribution in [0.4, 0.5) is 0 Å². The molecule has 0 aliphatic heterocycles. The van der Waals surface area contributed by atoms with Gasteiger partial charge in [-0.15, -0.1) is 0 Å². The molecule has 0 atom stereocenters. The zero-order chi connectivity index (χ0) is 13.0. The van der Waals surface area contributed by atoms with Gasteiger partial charge in [0.2, 0.25) is 0 Å². The van der Waals surface area contributed by atoms with Gasteiger partial charge in [0.1, 0.15) is 5.75 Å². The third-order valence-electron chi connectivity index (χ3n) is 2.63. The number of aromatic nitrogens is 2. The van der Waals surface area contributed by atoms with Gasteiger partial charge in [0.05, 0.1) is 18.5 Å². The molecule has 0 spiro atoms. The van der Waals surface area contributed by atoms with Crippen LogP contribution in [0.15, 0.2) is 35.5 Å². The van der Waals surface area contributed by atoms with Crippen molar-refractivity contribution in [1.82, 2.24) is 10.2 Å². The lowest BCUT2D eigenvalue weighted by Gasteiger charge is -2.04. The molecule has 5 nitrogen and oxygen atoms in total. The molecule has 2 N–H and O–H groups in total. The van der Waals surface area contributed by atoms with Crippen LogP contribution >= 0.6 is 0 Å². The summed E-state index contributed by atoms with van der Waals surface area (Å²) in [6.45, 7) is 1.75. The van der Waals surface area contributed by atoms with Crippen LogP contribution in [0.1, 0.15) is 12.6 Å². The van der Waals surface area contributed by atoms with E-state index in [1.165, 1.54) is 0 Å². The van der Waals surface area contributed by atoms with Gasteiger partial charge >= 0.3 is 0 Å². The highest BCUT2D eigenvalue weighted by Crippen LogP contribution is 2.28. The Balaban J connectivity index is 2.29. The number of methoxy groups -OCH3 is 1. The summed E-state index contributed by atoms with van der Waals surface area (Å²) < 4.78 is 5.29.